The van der Waals surface area contributed by atoms with Gasteiger partial charge in [0.05, 0.1) is 18.8 Å². The summed E-state index contributed by atoms with van der Waals surface area (Å²) in [6, 6.07) is 0. The normalized spacial score (nSPS) is 25.5. The molecule has 0 bridgehead atoms. The molecular weight excluding hydrogens is 198 g/mol. The molecule has 0 spiro atoms. The first-order valence-corrected chi connectivity index (χ1v) is 5.38. The van der Waals surface area contributed by atoms with Gasteiger partial charge in [0.25, 0.3) is 0 Å². The summed E-state index contributed by atoms with van der Waals surface area (Å²) in [4.78, 5) is 11.1. The number of carbonyl (C=O) groups is 1. The average molecular weight is 217 g/mol. The van der Waals surface area contributed by atoms with Crippen molar-refractivity contribution in [3.8, 4) is 0 Å². The minimum atomic E-state index is -0.225. The van der Waals surface area contributed by atoms with Gasteiger partial charge in [0.15, 0.2) is 0 Å². The number of nitrogens with two attached hydrogens (primary N) is 1. The van der Waals surface area contributed by atoms with Crippen LogP contribution in [-0.4, -0.2) is 43.0 Å². The Morgan fingerprint density at radius 3 is 2.80 bits per heavy atom. The lowest BCUT2D eigenvalue weighted by molar-refractivity contribution is -0.147. The van der Waals surface area contributed by atoms with Crippen molar-refractivity contribution in [2.24, 2.45) is 5.73 Å². The molecule has 1 saturated heterocycles. The molecule has 5 heteroatoms. The zero-order valence-electron chi connectivity index (χ0n) is 8.85. The summed E-state index contributed by atoms with van der Waals surface area (Å²) in [5.41, 5.74) is 5.27. The number of hydrogen-bond donors (Lipinski definition) is 2. The van der Waals surface area contributed by atoms with E-state index in [0.29, 0.717) is 26.0 Å². The predicted molar refractivity (Wildman–Crippen MR) is 54.2 cm³/mol. The Hall–Kier alpha value is -0.650. The van der Waals surface area contributed by atoms with Crippen molar-refractivity contribution in [2.45, 2.75) is 37.9 Å². The monoisotopic (exact) mass is 217 g/mol. The fourth-order valence-electron chi connectivity index (χ4n) is 1.54. The molecule has 3 N–H and O–H groups in total. The maximum Gasteiger partial charge on any atom is 0.305 e. The van der Waals surface area contributed by atoms with Crippen LogP contribution in [0.4, 0.5) is 0 Å². The van der Waals surface area contributed by atoms with Crippen molar-refractivity contribution in [2.75, 3.05) is 19.8 Å². The summed E-state index contributed by atoms with van der Waals surface area (Å²) in [5.74, 6) is -0.225. The molecule has 0 aromatic rings. The smallest absolute Gasteiger partial charge is 0.305 e. The summed E-state index contributed by atoms with van der Waals surface area (Å²) < 4.78 is 10.4. The van der Waals surface area contributed by atoms with Crippen molar-refractivity contribution < 1.29 is 19.4 Å². The van der Waals surface area contributed by atoms with Crippen LogP contribution >= 0.6 is 0 Å². The number of ether oxygens (including phenoxy) is 2. The number of aliphatic hydroxyl groups excluding tert-OH is 1. The molecule has 5 nitrogen and oxygen atoms in total. The van der Waals surface area contributed by atoms with Crippen LogP contribution in [0.2, 0.25) is 0 Å². The van der Waals surface area contributed by atoms with Gasteiger partial charge in [-0.3, -0.25) is 4.79 Å². The summed E-state index contributed by atoms with van der Waals surface area (Å²) >= 11 is 0. The second-order valence-electron chi connectivity index (χ2n) is 3.72. The maximum atomic E-state index is 11.1. The van der Waals surface area contributed by atoms with Gasteiger partial charge in [-0.05, 0) is 25.8 Å². The Morgan fingerprint density at radius 2 is 2.20 bits per heavy atom. The summed E-state index contributed by atoms with van der Waals surface area (Å²) in [6.07, 6.45) is 2.56. The Labute approximate surface area is 89.5 Å². The number of carbonyl (C=O) groups excluding carboxylic acids is 1. The highest BCUT2D eigenvalue weighted by molar-refractivity contribution is 5.69. The molecule has 1 aliphatic rings. The molecule has 0 radical (unpaired) electrons. The van der Waals surface area contributed by atoms with Crippen molar-refractivity contribution in [3.05, 3.63) is 0 Å². The Bertz CT molecular complexity index is 198. The summed E-state index contributed by atoms with van der Waals surface area (Å²) in [6.45, 7) is 0.832. The van der Waals surface area contributed by atoms with Gasteiger partial charge in [0.1, 0.15) is 6.61 Å². The number of esters is 1. The first kappa shape index (κ1) is 12.4. The van der Waals surface area contributed by atoms with Gasteiger partial charge in [0, 0.05) is 6.42 Å². The van der Waals surface area contributed by atoms with Crippen LogP contribution in [-0.2, 0) is 14.3 Å². The molecule has 0 aromatic heterocycles. The summed E-state index contributed by atoms with van der Waals surface area (Å²) in [7, 11) is 0. The molecular formula is C10H19NO4. The van der Waals surface area contributed by atoms with Crippen LogP contribution in [0.5, 0.6) is 0 Å². The van der Waals surface area contributed by atoms with E-state index in [-0.39, 0.29) is 24.8 Å². The topological polar surface area (TPSA) is 81.8 Å². The van der Waals surface area contributed by atoms with Crippen LogP contribution in [0.3, 0.4) is 0 Å². The van der Waals surface area contributed by atoms with Gasteiger partial charge < -0.3 is 20.3 Å². The number of hydrogen-bond acceptors (Lipinski definition) is 5. The Kier molecular flexibility index (Phi) is 5.60. The molecule has 2 atom stereocenters. The van der Waals surface area contributed by atoms with Crippen LogP contribution in [0, 0.1) is 0 Å². The van der Waals surface area contributed by atoms with Gasteiger partial charge in [-0.1, -0.05) is 0 Å². The van der Waals surface area contributed by atoms with Gasteiger partial charge in [0.2, 0.25) is 0 Å². The zero-order valence-corrected chi connectivity index (χ0v) is 8.85. The van der Waals surface area contributed by atoms with Gasteiger partial charge >= 0.3 is 5.97 Å². The van der Waals surface area contributed by atoms with E-state index in [1.807, 2.05) is 0 Å². The fourth-order valence-corrected chi connectivity index (χ4v) is 1.54. The van der Waals surface area contributed by atoms with E-state index in [9.17, 15) is 4.79 Å². The van der Waals surface area contributed by atoms with Gasteiger partial charge in [-0.2, -0.15) is 0 Å². The van der Waals surface area contributed by atoms with Gasteiger partial charge in [-0.25, -0.2) is 0 Å². The van der Waals surface area contributed by atoms with Crippen molar-refractivity contribution >= 4 is 5.97 Å². The van der Waals surface area contributed by atoms with Crippen molar-refractivity contribution in [3.63, 3.8) is 0 Å². The molecule has 1 aliphatic heterocycles. The molecule has 1 heterocycles. The highest BCUT2D eigenvalue weighted by atomic mass is 16.6. The second-order valence-corrected chi connectivity index (χ2v) is 3.72. The minimum Gasteiger partial charge on any atom is -0.463 e. The van der Waals surface area contributed by atoms with E-state index in [1.54, 1.807) is 0 Å². The van der Waals surface area contributed by atoms with Crippen LogP contribution < -0.4 is 5.73 Å². The van der Waals surface area contributed by atoms with Gasteiger partial charge in [-0.15, -0.1) is 0 Å². The molecule has 0 unspecified atom stereocenters. The van der Waals surface area contributed by atoms with E-state index in [1.165, 1.54) is 0 Å². The lowest BCUT2D eigenvalue weighted by Gasteiger charge is -2.12. The highest BCUT2D eigenvalue weighted by Gasteiger charge is 2.25. The van der Waals surface area contributed by atoms with Crippen LogP contribution in [0.25, 0.3) is 0 Å². The SMILES string of the molecule is NCCCC(=O)OC[C@H]1CC[C@@H](CO)O1. The minimum absolute atomic E-state index is 0.0393. The fraction of sp³-hybridized carbons (Fsp3) is 0.900. The second kappa shape index (κ2) is 6.76. The molecule has 15 heavy (non-hydrogen) atoms. The van der Waals surface area contributed by atoms with E-state index in [2.05, 4.69) is 0 Å². The largest absolute Gasteiger partial charge is 0.463 e. The molecule has 0 aliphatic carbocycles. The summed E-state index contributed by atoms with van der Waals surface area (Å²) in [5, 5.41) is 8.83. The number of rotatable bonds is 6. The standard InChI is InChI=1S/C10H19NO4/c11-5-1-2-10(13)14-7-9-4-3-8(6-12)15-9/h8-9,12H,1-7,11H2/t8-,9+/m0/s1. The van der Waals surface area contributed by atoms with Crippen LogP contribution in [0.15, 0.2) is 0 Å². The molecule has 0 saturated carbocycles. The molecule has 0 aromatic carbocycles. The molecule has 1 rings (SSSR count). The lowest BCUT2D eigenvalue weighted by Crippen LogP contribution is -2.21. The van der Waals surface area contributed by atoms with E-state index < -0.39 is 0 Å². The quantitative estimate of drug-likeness (QED) is 0.602. The van der Waals surface area contributed by atoms with Crippen LogP contribution in [0.1, 0.15) is 25.7 Å². The van der Waals surface area contributed by atoms with Crippen molar-refractivity contribution in [1.29, 1.82) is 0 Å². The third-order valence-electron chi connectivity index (χ3n) is 2.41. The number of aliphatic hydroxyl groups is 1. The predicted octanol–water partition coefficient (Wildman–Crippen LogP) is -0.192. The maximum absolute atomic E-state index is 11.1. The first-order chi connectivity index (χ1) is 7.26. The lowest BCUT2D eigenvalue weighted by atomic mass is 10.2. The molecule has 0 amide bonds. The van der Waals surface area contributed by atoms with Crippen molar-refractivity contribution in [1.82, 2.24) is 0 Å². The molecule has 88 valence electrons. The zero-order chi connectivity index (χ0) is 11.1. The Balaban J connectivity index is 2.07. The molecule has 1 fully saturated rings. The highest BCUT2D eigenvalue weighted by Crippen LogP contribution is 2.19. The average Bonchev–Trinajstić information content (AvgIpc) is 2.71. The first-order valence-electron chi connectivity index (χ1n) is 5.38. The van der Waals surface area contributed by atoms with E-state index in [4.69, 9.17) is 20.3 Å². The third kappa shape index (κ3) is 4.59. The Morgan fingerprint density at radius 1 is 1.47 bits per heavy atom. The van der Waals surface area contributed by atoms with E-state index >= 15 is 0 Å². The van der Waals surface area contributed by atoms with E-state index in [0.717, 1.165) is 12.8 Å². The third-order valence-corrected chi connectivity index (χ3v) is 2.41.